The summed E-state index contributed by atoms with van der Waals surface area (Å²) in [6.45, 7) is -0.237. The zero-order chi connectivity index (χ0) is 15.2. The number of aromatic nitrogens is 1. The first kappa shape index (κ1) is 14.8. The van der Waals surface area contributed by atoms with Crippen molar-refractivity contribution in [3.05, 3.63) is 53.3 Å². The van der Waals surface area contributed by atoms with Gasteiger partial charge in [-0.1, -0.05) is 23.7 Å². The van der Waals surface area contributed by atoms with E-state index in [9.17, 15) is 9.59 Å². The van der Waals surface area contributed by atoms with Gasteiger partial charge in [-0.15, -0.1) is 0 Å². The van der Waals surface area contributed by atoms with E-state index >= 15 is 0 Å². The second kappa shape index (κ2) is 6.71. The Labute approximate surface area is 125 Å². The summed E-state index contributed by atoms with van der Waals surface area (Å²) in [7, 11) is 0. The maximum atomic E-state index is 11.7. The zero-order valence-electron chi connectivity index (χ0n) is 10.7. The van der Waals surface area contributed by atoms with Gasteiger partial charge in [-0.2, -0.15) is 0 Å². The second-order valence-electron chi connectivity index (χ2n) is 4.00. The lowest BCUT2D eigenvalue weighted by Gasteiger charge is -2.08. The summed E-state index contributed by atoms with van der Waals surface area (Å²) in [5.74, 6) is -1.21. The molecule has 0 aliphatic rings. The number of ether oxygens (including phenoxy) is 1. The number of nitrogens with zero attached hydrogens (tertiary/aromatic N) is 1. The highest BCUT2D eigenvalue weighted by Crippen LogP contribution is 2.20. The average Bonchev–Trinajstić information content (AvgIpc) is 2.48. The van der Waals surface area contributed by atoms with E-state index in [0.29, 0.717) is 16.5 Å². The molecule has 1 amide bonds. The maximum Gasteiger partial charge on any atom is 0.354 e. The molecule has 7 heteroatoms. The van der Waals surface area contributed by atoms with Crippen molar-refractivity contribution >= 4 is 29.2 Å². The molecule has 0 aliphatic heterocycles. The average molecular weight is 307 g/mol. The van der Waals surface area contributed by atoms with Gasteiger partial charge in [0.25, 0.3) is 5.91 Å². The van der Waals surface area contributed by atoms with Gasteiger partial charge in [-0.05, 0) is 24.3 Å². The number of rotatable bonds is 5. The Balaban J connectivity index is 1.89. The van der Waals surface area contributed by atoms with E-state index < -0.39 is 5.97 Å². The number of carboxylic acids is 1. The van der Waals surface area contributed by atoms with Gasteiger partial charge in [0.1, 0.15) is 11.4 Å². The van der Waals surface area contributed by atoms with Crippen LogP contribution in [0.3, 0.4) is 0 Å². The molecule has 2 rings (SSSR count). The fourth-order valence-electron chi connectivity index (χ4n) is 1.49. The number of pyridine rings is 1. The van der Waals surface area contributed by atoms with Gasteiger partial charge in [-0.3, -0.25) is 4.79 Å². The molecule has 6 nitrogen and oxygen atoms in total. The van der Waals surface area contributed by atoms with Gasteiger partial charge < -0.3 is 15.2 Å². The second-order valence-corrected chi connectivity index (χ2v) is 4.41. The summed E-state index contributed by atoms with van der Waals surface area (Å²) < 4.78 is 5.20. The Bertz CT molecular complexity index is 658. The van der Waals surface area contributed by atoms with Crippen molar-refractivity contribution in [3.63, 3.8) is 0 Å². The number of hydrogen-bond donors (Lipinski definition) is 2. The van der Waals surface area contributed by atoms with E-state index in [4.69, 9.17) is 21.4 Å². The maximum absolute atomic E-state index is 11.7. The highest BCUT2D eigenvalue weighted by Gasteiger charge is 2.08. The molecule has 2 N–H and O–H groups in total. The van der Waals surface area contributed by atoms with Crippen LogP contribution in [0.15, 0.2) is 42.6 Å². The largest absolute Gasteiger partial charge is 0.482 e. The van der Waals surface area contributed by atoms with Crippen molar-refractivity contribution in [3.8, 4) is 5.75 Å². The molecule has 0 aliphatic carbocycles. The summed E-state index contributed by atoms with van der Waals surface area (Å²) in [6.07, 6.45) is 1.24. The number of para-hydroxylation sites is 1. The minimum absolute atomic E-state index is 0.0946. The number of carboxylic acid groups (broad SMARTS) is 1. The molecule has 0 bridgehead atoms. The Kier molecular flexibility index (Phi) is 4.73. The molecule has 21 heavy (non-hydrogen) atoms. The van der Waals surface area contributed by atoms with Crippen molar-refractivity contribution in [2.75, 3.05) is 11.9 Å². The third-order valence-corrected chi connectivity index (χ3v) is 2.80. The Morgan fingerprint density at radius 3 is 2.62 bits per heavy atom. The lowest BCUT2D eigenvalue weighted by molar-refractivity contribution is -0.118. The van der Waals surface area contributed by atoms with Crippen LogP contribution in [0.1, 0.15) is 10.5 Å². The molecule has 0 unspecified atom stereocenters. The van der Waals surface area contributed by atoms with Gasteiger partial charge in [0, 0.05) is 0 Å². The number of aromatic carboxylic acids is 1. The molecule has 0 fully saturated rings. The topological polar surface area (TPSA) is 88.5 Å². The number of benzene rings is 1. The van der Waals surface area contributed by atoms with E-state index in [-0.39, 0.29) is 18.2 Å². The number of carbonyl (C=O) groups excluding carboxylic acids is 1. The molecular weight excluding hydrogens is 296 g/mol. The molecule has 0 atom stereocenters. The number of hydrogen-bond acceptors (Lipinski definition) is 4. The SMILES string of the molecule is O=C(COc1ccc(C(=O)O)nc1)Nc1ccccc1Cl. The smallest absolute Gasteiger partial charge is 0.354 e. The van der Waals surface area contributed by atoms with Crippen molar-refractivity contribution in [1.29, 1.82) is 0 Å². The first-order valence-corrected chi connectivity index (χ1v) is 6.30. The Morgan fingerprint density at radius 2 is 2.00 bits per heavy atom. The molecule has 0 radical (unpaired) electrons. The molecule has 0 saturated carbocycles. The van der Waals surface area contributed by atoms with Gasteiger partial charge in [-0.25, -0.2) is 9.78 Å². The van der Waals surface area contributed by atoms with E-state index in [2.05, 4.69) is 10.3 Å². The molecule has 1 aromatic carbocycles. The molecule has 1 heterocycles. The van der Waals surface area contributed by atoms with Gasteiger partial charge in [0.15, 0.2) is 6.61 Å². The van der Waals surface area contributed by atoms with Crippen LogP contribution in [-0.4, -0.2) is 28.6 Å². The lowest BCUT2D eigenvalue weighted by atomic mass is 10.3. The van der Waals surface area contributed by atoms with Crippen LogP contribution in [-0.2, 0) is 4.79 Å². The minimum atomic E-state index is -1.13. The highest BCUT2D eigenvalue weighted by molar-refractivity contribution is 6.33. The van der Waals surface area contributed by atoms with Crippen LogP contribution in [0, 0.1) is 0 Å². The third-order valence-electron chi connectivity index (χ3n) is 2.47. The van der Waals surface area contributed by atoms with Crippen molar-refractivity contribution < 1.29 is 19.4 Å². The summed E-state index contributed by atoms with van der Waals surface area (Å²) in [5, 5.41) is 11.7. The van der Waals surface area contributed by atoms with Gasteiger partial charge >= 0.3 is 5.97 Å². The lowest BCUT2D eigenvalue weighted by Crippen LogP contribution is -2.20. The third kappa shape index (κ3) is 4.19. The van der Waals surface area contributed by atoms with Crippen molar-refractivity contribution in [2.45, 2.75) is 0 Å². The number of carbonyl (C=O) groups is 2. The number of nitrogens with one attached hydrogen (secondary N) is 1. The van der Waals surface area contributed by atoms with Crippen LogP contribution in [0.2, 0.25) is 5.02 Å². The normalized spacial score (nSPS) is 9.95. The van der Waals surface area contributed by atoms with Crippen molar-refractivity contribution in [1.82, 2.24) is 4.98 Å². The molecule has 0 spiro atoms. The molecule has 1 aromatic heterocycles. The summed E-state index contributed by atoms with van der Waals surface area (Å²) >= 11 is 5.91. The first-order chi connectivity index (χ1) is 10.1. The number of halogens is 1. The van der Waals surface area contributed by atoms with Gasteiger partial charge in [0.05, 0.1) is 16.9 Å². The van der Waals surface area contributed by atoms with Crippen LogP contribution in [0.25, 0.3) is 0 Å². The van der Waals surface area contributed by atoms with Crippen LogP contribution in [0.5, 0.6) is 5.75 Å². The van der Waals surface area contributed by atoms with Crippen LogP contribution in [0.4, 0.5) is 5.69 Å². The fourth-order valence-corrected chi connectivity index (χ4v) is 1.67. The summed E-state index contributed by atoms with van der Waals surface area (Å²) in [6, 6.07) is 9.56. The fraction of sp³-hybridized carbons (Fsp3) is 0.0714. The monoisotopic (exact) mass is 306 g/mol. The Hall–Kier alpha value is -2.60. The minimum Gasteiger partial charge on any atom is -0.482 e. The summed E-state index contributed by atoms with van der Waals surface area (Å²) in [5.41, 5.74) is 0.398. The molecule has 2 aromatic rings. The van der Waals surface area contributed by atoms with Crippen LogP contribution >= 0.6 is 11.6 Å². The van der Waals surface area contributed by atoms with E-state index in [1.165, 1.54) is 18.3 Å². The quantitative estimate of drug-likeness (QED) is 0.885. The van der Waals surface area contributed by atoms with Crippen LogP contribution < -0.4 is 10.1 Å². The predicted molar refractivity (Wildman–Crippen MR) is 76.8 cm³/mol. The van der Waals surface area contributed by atoms with Gasteiger partial charge in [0.2, 0.25) is 0 Å². The highest BCUT2D eigenvalue weighted by atomic mass is 35.5. The predicted octanol–water partition coefficient (Wildman–Crippen LogP) is 2.45. The Morgan fingerprint density at radius 1 is 1.24 bits per heavy atom. The molecule has 0 saturated heterocycles. The number of anilines is 1. The first-order valence-electron chi connectivity index (χ1n) is 5.93. The molecule has 108 valence electrons. The van der Waals surface area contributed by atoms with E-state index in [0.717, 1.165) is 0 Å². The molecular formula is C14H11ClN2O4. The van der Waals surface area contributed by atoms with E-state index in [1.54, 1.807) is 24.3 Å². The number of amides is 1. The zero-order valence-corrected chi connectivity index (χ0v) is 11.5. The van der Waals surface area contributed by atoms with Crippen molar-refractivity contribution in [2.24, 2.45) is 0 Å². The van der Waals surface area contributed by atoms with E-state index in [1.807, 2.05) is 0 Å². The summed E-state index contributed by atoms with van der Waals surface area (Å²) in [4.78, 5) is 26.0. The standard InChI is InChI=1S/C14H11ClN2O4/c15-10-3-1-2-4-11(10)17-13(18)8-21-9-5-6-12(14(19)20)16-7-9/h1-7H,8H2,(H,17,18)(H,19,20).